The molecule has 2 fully saturated rings. The van der Waals surface area contributed by atoms with Gasteiger partial charge in [0.15, 0.2) is 0 Å². The molecule has 11 heteroatoms. The van der Waals surface area contributed by atoms with E-state index >= 15 is 0 Å². The van der Waals surface area contributed by atoms with E-state index in [0.717, 1.165) is 37.3 Å². The van der Waals surface area contributed by atoms with Gasteiger partial charge in [-0.1, -0.05) is 11.6 Å². The van der Waals surface area contributed by atoms with Gasteiger partial charge in [-0.15, -0.1) is 11.3 Å². The third-order valence-corrected chi connectivity index (χ3v) is 8.29. The molecule has 29 heavy (non-hydrogen) atoms. The van der Waals surface area contributed by atoms with E-state index in [-0.39, 0.29) is 22.7 Å². The smallest absolute Gasteiger partial charge is 0.268 e. The van der Waals surface area contributed by atoms with Crippen molar-refractivity contribution in [2.24, 2.45) is 0 Å². The minimum absolute atomic E-state index is 0.00328. The number of benzene rings is 1. The van der Waals surface area contributed by atoms with Gasteiger partial charge in [0.05, 0.1) is 16.8 Å². The molecular formula is C18H21ClN4O4S2. The average molecular weight is 457 g/mol. The molecule has 2 aliphatic heterocycles. The van der Waals surface area contributed by atoms with Crippen LogP contribution in [0.4, 0.5) is 0 Å². The summed E-state index contributed by atoms with van der Waals surface area (Å²) in [5, 5.41) is 0.473. The van der Waals surface area contributed by atoms with Gasteiger partial charge in [0.1, 0.15) is 6.04 Å². The number of hydrogen-bond donors (Lipinski definition) is 1. The molecule has 4 rings (SSSR count). The van der Waals surface area contributed by atoms with Crippen LogP contribution in [0.5, 0.6) is 0 Å². The fraction of sp³-hybridized carbons (Fsp3) is 0.500. The zero-order valence-electron chi connectivity index (χ0n) is 15.6. The third kappa shape index (κ3) is 4.40. The topological polar surface area (TPSA) is 99.7 Å². The van der Waals surface area contributed by atoms with Crippen LogP contribution < -0.4 is 4.72 Å². The Morgan fingerprint density at radius 3 is 2.76 bits per heavy atom. The maximum atomic E-state index is 12.8. The number of aromatic nitrogens is 1. The van der Waals surface area contributed by atoms with Crippen molar-refractivity contribution in [1.82, 2.24) is 19.5 Å². The van der Waals surface area contributed by atoms with Crippen molar-refractivity contribution in [3.63, 3.8) is 0 Å². The molecule has 0 bridgehead atoms. The summed E-state index contributed by atoms with van der Waals surface area (Å²) in [6.07, 6.45) is 2.98. The molecule has 8 nitrogen and oxygen atoms in total. The molecule has 2 saturated heterocycles. The monoisotopic (exact) mass is 456 g/mol. The van der Waals surface area contributed by atoms with Crippen LogP contribution >= 0.6 is 22.9 Å². The van der Waals surface area contributed by atoms with Crippen LogP contribution in [0.3, 0.4) is 0 Å². The zero-order chi connectivity index (χ0) is 20.6. The molecule has 0 saturated carbocycles. The van der Waals surface area contributed by atoms with Gasteiger partial charge < -0.3 is 9.80 Å². The molecule has 156 valence electrons. The van der Waals surface area contributed by atoms with Crippen LogP contribution in [-0.4, -0.2) is 67.2 Å². The molecule has 1 aromatic carbocycles. The van der Waals surface area contributed by atoms with Crippen molar-refractivity contribution in [1.29, 1.82) is 0 Å². The maximum absolute atomic E-state index is 12.8. The van der Waals surface area contributed by atoms with Crippen molar-refractivity contribution in [3.05, 3.63) is 23.2 Å². The summed E-state index contributed by atoms with van der Waals surface area (Å²) in [6.45, 7) is 1.89. The van der Waals surface area contributed by atoms with Crippen LogP contribution in [0.15, 0.2) is 22.5 Å². The lowest BCUT2D eigenvalue weighted by Gasteiger charge is -2.32. The van der Waals surface area contributed by atoms with Crippen LogP contribution in [0, 0.1) is 0 Å². The Kier molecular flexibility index (Phi) is 5.78. The maximum Gasteiger partial charge on any atom is 0.268 e. The summed E-state index contributed by atoms with van der Waals surface area (Å²) in [7, 11) is -3.96. The number of nitrogens with one attached hydrogen (secondary N) is 1. The highest BCUT2D eigenvalue weighted by Crippen LogP contribution is 2.28. The molecule has 2 aliphatic rings. The fourth-order valence-corrected chi connectivity index (χ4v) is 6.28. The lowest BCUT2D eigenvalue weighted by molar-refractivity contribution is -0.142. The lowest BCUT2D eigenvalue weighted by atomic mass is 10.1. The van der Waals surface area contributed by atoms with E-state index in [9.17, 15) is 18.0 Å². The zero-order valence-corrected chi connectivity index (χ0v) is 18.0. The average Bonchev–Trinajstić information content (AvgIpc) is 3.34. The summed E-state index contributed by atoms with van der Waals surface area (Å²) in [6, 6.07) is 4.09. The number of amides is 2. The number of thiazole rings is 1. The number of rotatable bonds is 5. The number of carbonyl (C=O) groups is 2. The van der Waals surface area contributed by atoms with Gasteiger partial charge in [-0.2, -0.15) is 4.72 Å². The van der Waals surface area contributed by atoms with Crippen LogP contribution in [0.1, 0.15) is 25.7 Å². The predicted octanol–water partition coefficient (Wildman–Crippen LogP) is 1.84. The van der Waals surface area contributed by atoms with Crippen molar-refractivity contribution in [3.8, 4) is 0 Å². The van der Waals surface area contributed by atoms with E-state index in [0.29, 0.717) is 34.6 Å². The van der Waals surface area contributed by atoms with Gasteiger partial charge in [-0.25, -0.2) is 13.4 Å². The molecule has 3 heterocycles. The van der Waals surface area contributed by atoms with Crippen LogP contribution in [0.25, 0.3) is 10.2 Å². The minimum atomic E-state index is -3.96. The first kappa shape index (κ1) is 20.5. The summed E-state index contributed by atoms with van der Waals surface area (Å²) in [5.41, 5.74) is 0.496. The van der Waals surface area contributed by atoms with Gasteiger partial charge in [0.2, 0.25) is 16.2 Å². The second kappa shape index (κ2) is 8.17. The molecule has 0 unspecified atom stereocenters. The highest BCUT2D eigenvalue weighted by atomic mass is 35.5. The highest BCUT2D eigenvalue weighted by Gasteiger charge is 2.35. The van der Waals surface area contributed by atoms with Gasteiger partial charge >= 0.3 is 0 Å². The standard InChI is InChI=1S/C18H21ClN4O4S2/c19-12-5-6-15-14(10-12)20-18(28-15)29(26,27)21-13-4-3-9-23(17(13)25)11-16(24)22-7-1-2-8-22/h5-6,10,13,21H,1-4,7-9,11H2/t13-/m0/s1. The summed E-state index contributed by atoms with van der Waals surface area (Å²) in [5.74, 6) is -0.445. The van der Waals surface area contributed by atoms with Gasteiger partial charge in [0, 0.05) is 24.7 Å². The molecular weight excluding hydrogens is 436 g/mol. The molecule has 0 spiro atoms. The van der Waals surface area contributed by atoms with Crippen molar-refractivity contribution < 1.29 is 18.0 Å². The molecule has 1 N–H and O–H groups in total. The lowest BCUT2D eigenvalue weighted by Crippen LogP contribution is -2.54. The van der Waals surface area contributed by atoms with Crippen molar-refractivity contribution >= 4 is 55.0 Å². The van der Waals surface area contributed by atoms with Crippen molar-refractivity contribution in [2.75, 3.05) is 26.2 Å². The number of likely N-dealkylation sites (tertiary alicyclic amines) is 2. The van der Waals surface area contributed by atoms with Crippen molar-refractivity contribution in [2.45, 2.75) is 36.1 Å². The first-order valence-electron chi connectivity index (χ1n) is 9.48. The molecule has 0 aliphatic carbocycles. The Balaban J connectivity index is 1.46. The molecule has 1 aromatic heterocycles. The van der Waals surface area contributed by atoms with Gasteiger partial charge in [-0.05, 0) is 43.9 Å². The summed E-state index contributed by atoms with van der Waals surface area (Å²) < 4.78 is 28.7. The Morgan fingerprint density at radius 2 is 2.00 bits per heavy atom. The van der Waals surface area contributed by atoms with E-state index in [1.54, 1.807) is 23.1 Å². The molecule has 2 amide bonds. The van der Waals surface area contributed by atoms with E-state index < -0.39 is 16.1 Å². The Morgan fingerprint density at radius 1 is 1.24 bits per heavy atom. The van der Waals surface area contributed by atoms with Gasteiger partial charge in [-0.3, -0.25) is 9.59 Å². The fourth-order valence-electron chi connectivity index (χ4n) is 3.67. The number of hydrogen-bond acceptors (Lipinski definition) is 6. The molecule has 2 aromatic rings. The number of halogens is 1. The Hall–Kier alpha value is -1.75. The second-order valence-corrected chi connectivity index (χ2v) is 10.6. The Labute approximate surface area is 177 Å². The van der Waals surface area contributed by atoms with Gasteiger partial charge in [0.25, 0.3) is 10.0 Å². The van der Waals surface area contributed by atoms with E-state index in [1.807, 2.05) is 0 Å². The minimum Gasteiger partial charge on any atom is -0.341 e. The third-order valence-electron chi connectivity index (χ3n) is 5.17. The van der Waals surface area contributed by atoms with E-state index in [1.165, 1.54) is 4.90 Å². The first-order chi connectivity index (χ1) is 13.8. The largest absolute Gasteiger partial charge is 0.341 e. The predicted molar refractivity (Wildman–Crippen MR) is 110 cm³/mol. The first-order valence-corrected chi connectivity index (χ1v) is 12.2. The Bertz CT molecular complexity index is 1050. The normalized spacial score (nSPS) is 20.6. The number of carbonyl (C=O) groups excluding carboxylic acids is 2. The van der Waals surface area contributed by atoms with E-state index in [4.69, 9.17) is 11.6 Å². The number of nitrogens with zero attached hydrogens (tertiary/aromatic N) is 3. The summed E-state index contributed by atoms with van der Waals surface area (Å²) in [4.78, 5) is 32.5. The molecule has 0 radical (unpaired) electrons. The number of sulfonamides is 1. The SMILES string of the molecule is O=C(CN1CCC[C@H](NS(=O)(=O)c2nc3cc(Cl)ccc3s2)C1=O)N1CCCC1. The van der Waals surface area contributed by atoms with Crippen LogP contribution in [-0.2, 0) is 19.6 Å². The quantitative estimate of drug-likeness (QED) is 0.740. The highest BCUT2D eigenvalue weighted by molar-refractivity contribution is 7.91. The second-order valence-electron chi connectivity index (χ2n) is 7.26. The number of fused-ring (bicyclic) bond motifs is 1. The van der Waals surface area contributed by atoms with E-state index in [2.05, 4.69) is 9.71 Å². The molecule has 1 atom stereocenters. The summed E-state index contributed by atoms with van der Waals surface area (Å²) >= 11 is 6.97. The van der Waals surface area contributed by atoms with Crippen LogP contribution in [0.2, 0.25) is 5.02 Å². The number of piperidine rings is 1.